The molecule has 4 aromatic rings. The smallest absolute Gasteiger partial charge is 0.131 e. The molecular weight excluding hydrogens is 295 g/mol. The van der Waals surface area contributed by atoms with Crippen molar-refractivity contribution in [2.24, 2.45) is 0 Å². The normalized spacial score (nSPS) is 10.9. The van der Waals surface area contributed by atoms with Crippen molar-refractivity contribution in [3.05, 3.63) is 96.3 Å². The molecule has 0 spiro atoms. The van der Waals surface area contributed by atoms with E-state index >= 15 is 0 Å². The molecule has 0 aliphatic heterocycles. The van der Waals surface area contributed by atoms with E-state index in [2.05, 4.69) is 30.3 Å². The highest BCUT2D eigenvalue weighted by Gasteiger charge is 2.14. The standard InChI is InChI=1S/C23H17F/c1-16-19(21-13-7-11-17-8-5-6-12-20(17)21)14-15-22(24)23(16)18-9-3-2-4-10-18/h2-15H,1H3. The third-order valence-corrected chi connectivity index (χ3v) is 4.56. The maximum atomic E-state index is 14.5. The fourth-order valence-corrected chi connectivity index (χ4v) is 3.39. The van der Waals surface area contributed by atoms with Gasteiger partial charge in [0, 0.05) is 5.56 Å². The summed E-state index contributed by atoms with van der Waals surface area (Å²) >= 11 is 0. The van der Waals surface area contributed by atoms with Crippen LogP contribution in [0.25, 0.3) is 33.0 Å². The molecule has 0 bridgehead atoms. The van der Waals surface area contributed by atoms with E-state index in [0.717, 1.165) is 22.3 Å². The molecule has 4 rings (SSSR count). The van der Waals surface area contributed by atoms with Gasteiger partial charge in [0.1, 0.15) is 5.82 Å². The van der Waals surface area contributed by atoms with Crippen LogP contribution in [-0.2, 0) is 0 Å². The van der Waals surface area contributed by atoms with Gasteiger partial charge in [-0.05, 0) is 46.0 Å². The van der Waals surface area contributed by atoms with Gasteiger partial charge in [0.05, 0.1) is 0 Å². The first kappa shape index (κ1) is 14.6. The SMILES string of the molecule is Cc1c(-c2cccc3ccccc23)ccc(F)c1-c1ccccc1. The van der Waals surface area contributed by atoms with Gasteiger partial charge in [-0.3, -0.25) is 0 Å². The lowest BCUT2D eigenvalue weighted by molar-refractivity contribution is 0.630. The average molecular weight is 312 g/mol. The molecule has 116 valence electrons. The molecule has 24 heavy (non-hydrogen) atoms. The Morgan fingerprint density at radius 2 is 1.33 bits per heavy atom. The van der Waals surface area contributed by atoms with Crippen molar-refractivity contribution in [3.63, 3.8) is 0 Å². The van der Waals surface area contributed by atoms with E-state index < -0.39 is 0 Å². The highest BCUT2D eigenvalue weighted by molar-refractivity contribution is 5.98. The van der Waals surface area contributed by atoms with Crippen molar-refractivity contribution in [1.29, 1.82) is 0 Å². The fraction of sp³-hybridized carbons (Fsp3) is 0.0435. The van der Waals surface area contributed by atoms with Gasteiger partial charge in [0.25, 0.3) is 0 Å². The second kappa shape index (κ2) is 5.93. The topological polar surface area (TPSA) is 0 Å². The lowest BCUT2D eigenvalue weighted by atomic mass is 9.90. The number of hydrogen-bond acceptors (Lipinski definition) is 0. The number of rotatable bonds is 2. The Balaban J connectivity index is 2.00. The van der Waals surface area contributed by atoms with Crippen LogP contribution in [0, 0.1) is 12.7 Å². The van der Waals surface area contributed by atoms with Crippen molar-refractivity contribution in [1.82, 2.24) is 0 Å². The van der Waals surface area contributed by atoms with Gasteiger partial charge >= 0.3 is 0 Å². The third kappa shape index (κ3) is 2.39. The molecule has 0 saturated heterocycles. The summed E-state index contributed by atoms with van der Waals surface area (Å²) in [5, 5.41) is 2.38. The Hall–Kier alpha value is -2.93. The first-order chi connectivity index (χ1) is 11.8. The zero-order valence-corrected chi connectivity index (χ0v) is 13.5. The highest BCUT2D eigenvalue weighted by Crippen LogP contribution is 2.36. The van der Waals surface area contributed by atoms with Crippen LogP contribution >= 0.6 is 0 Å². The van der Waals surface area contributed by atoms with E-state index in [1.807, 2.05) is 55.5 Å². The van der Waals surface area contributed by atoms with E-state index in [1.54, 1.807) is 6.07 Å². The minimum atomic E-state index is -0.178. The van der Waals surface area contributed by atoms with E-state index in [-0.39, 0.29) is 5.82 Å². The van der Waals surface area contributed by atoms with E-state index in [1.165, 1.54) is 10.8 Å². The molecule has 0 aliphatic carbocycles. The fourth-order valence-electron chi connectivity index (χ4n) is 3.39. The molecule has 0 aromatic heterocycles. The van der Waals surface area contributed by atoms with Crippen LogP contribution in [0.2, 0.25) is 0 Å². The summed E-state index contributed by atoms with van der Waals surface area (Å²) in [4.78, 5) is 0. The number of fused-ring (bicyclic) bond motifs is 1. The zero-order valence-electron chi connectivity index (χ0n) is 13.5. The van der Waals surface area contributed by atoms with Crippen LogP contribution in [0.3, 0.4) is 0 Å². The first-order valence-electron chi connectivity index (χ1n) is 8.08. The van der Waals surface area contributed by atoms with Gasteiger partial charge in [-0.25, -0.2) is 4.39 Å². The van der Waals surface area contributed by atoms with Gasteiger partial charge in [0.2, 0.25) is 0 Å². The molecule has 0 saturated carbocycles. The minimum Gasteiger partial charge on any atom is -0.206 e. The van der Waals surface area contributed by atoms with Crippen molar-refractivity contribution in [3.8, 4) is 22.3 Å². The van der Waals surface area contributed by atoms with Crippen molar-refractivity contribution in [2.75, 3.05) is 0 Å². The van der Waals surface area contributed by atoms with Crippen molar-refractivity contribution in [2.45, 2.75) is 6.92 Å². The van der Waals surface area contributed by atoms with Crippen molar-refractivity contribution >= 4 is 10.8 Å². The van der Waals surface area contributed by atoms with Gasteiger partial charge in [0.15, 0.2) is 0 Å². The quantitative estimate of drug-likeness (QED) is 0.390. The molecule has 0 nitrogen and oxygen atoms in total. The summed E-state index contributed by atoms with van der Waals surface area (Å²) in [5.41, 5.74) is 4.78. The second-order valence-corrected chi connectivity index (χ2v) is 5.99. The van der Waals surface area contributed by atoms with Crippen LogP contribution in [0.1, 0.15) is 5.56 Å². The van der Waals surface area contributed by atoms with Crippen LogP contribution in [-0.4, -0.2) is 0 Å². The van der Waals surface area contributed by atoms with E-state index in [4.69, 9.17) is 0 Å². The monoisotopic (exact) mass is 312 g/mol. The summed E-state index contributed by atoms with van der Waals surface area (Å²) in [6.07, 6.45) is 0. The summed E-state index contributed by atoms with van der Waals surface area (Å²) in [7, 11) is 0. The molecule has 1 heteroatoms. The van der Waals surface area contributed by atoms with Gasteiger partial charge in [-0.15, -0.1) is 0 Å². The Morgan fingerprint density at radius 3 is 2.17 bits per heavy atom. The summed E-state index contributed by atoms with van der Waals surface area (Å²) in [6, 6.07) is 27.8. The summed E-state index contributed by atoms with van der Waals surface area (Å²) in [5.74, 6) is -0.178. The molecule has 0 amide bonds. The van der Waals surface area contributed by atoms with Crippen LogP contribution < -0.4 is 0 Å². The molecule has 0 fully saturated rings. The van der Waals surface area contributed by atoms with Crippen LogP contribution in [0.5, 0.6) is 0 Å². The predicted octanol–water partition coefficient (Wildman–Crippen LogP) is 6.62. The summed E-state index contributed by atoms with van der Waals surface area (Å²) in [6.45, 7) is 2.00. The van der Waals surface area contributed by atoms with Crippen molar-refractivity contribution < 1.29 is 4.39 Å². The summed E-state index contributed by atoms with van der Waals surface area (Å²) < 4.78 is 14.5. The Bertz CT molecular complexity index is 1010. The average Bonchev–Trinajstić information content (AvgIpc) is 2.63. The molecule has 0 radical (unpaired) electrons. The second-order valence-electron chi connectivity index (χ2n) is 5.99. The van der Waals surface area contributed by atoms with Gasteiger partial charge in [-0.1, -0.05) is 78.9 Å². The number of halogens is 1. The van der Waals surface area contributed by atoms with E-state index in [0.29, 0.717) is 5.56 Å². The van der Waals surface area contributed by atoms with Crippen LogP contribution in [0.4, 0.5) is 4.39 Å². The highest BCUT2D eigenvalue weighted by atomic mass is 19.1. The Labute approximate surface area is 141 Å². The Kier molecular flexibility index (Phi) is 3.62. The lowest BCUT2D eigenvalue weighted by Gasteiger charge is -2.15. The maximum absolute atomic E-state index is 14.5. The maximum Gasteiger partial charge on any atom is 0.131 e. The number of benzene rings is 4. The zero-order chi connectivity index (χ0) is 16.5. The van der Waals surface area contributed by atoms with Crippen LogP contribution in [0.15, 0.2) is 84.9 Å². The molecular formula is C23H17F. The molecule has 0 atom stereocenters. The molecule has 0 unspecified atom stereocenters. The predicted molar refractivity (Wildman–Crippen MR) is 99.5 cm³/mol. The lowest BCUT2D eigenvalue weighted by Crippen LogP contribution is -1.93. The Morgan fingerprint density at radius 1 is 0.625 bits per heavy atom. The molecule has 0 heterocycles. The molecule has 0 N–H and O–H groups in total. The minimum absolute atomic E-state index is 0.178. The van der Waals surface area contributed by atoms with Gasteiger partial charge < -0.3 is 0 Å². The third-order valence-electron chi connectivity index (χ3n) is 4.56. The first-order valence-corrected chi connectivity index (χ1v) is 8.08. The number of hydrogen-bond donors (Lipinski definition) is 0. The molecule has 4 aromatic carbocycles. The largest absolute Gasteiger partial charge is 0.206 e. The molecule has 0 aliphatic rings. The van der Waals surface area contributed by atoms with E-state index in [9.17, 15) is 4.39 Å². The van der Waals surface area contributed by atoms with Gasteiger partial charge in [-0.2, -0.15) is 0 Å².